The van der Waals surface area contributed by atoms with Gasteiger partial charge in [-0.15, -0.1) is 0 Å². The Kier molecular flexibility index (Phi) is 4.99. The Labute approximate surface area is 145 Å². The summed E-state index contributed by atoms with van der Waals surface area (Å²) >= 11 is 0. The summed E-state index contributed by atoms with van der Waals surface area (Å²) in [7, 11) is 1.67. The van der Waals surface area contributed by atoms with E-state index in [0.29, 0.717) is 17.6 Å². The van der Waals surface area contributed by atoms with E-state index in [-0.39, 0.29) is 18.2 Å². The van der Waals surface area contributed by atoms with E-state index in [2.05, 4.69) is 9.97 Å². The Morgan fingerprint density at radius 1 is 1.00 bits per heavy atom. The molecular weight excluding hydrogens is 318 g/mol. The SMILES string of the molecule is CN(Cc1ccccc1)C(=O)COC(=O)c1cnc2ccccc2n1. The number of nitrogens with zero attached hydrogens (tertiary/aromatic N) is 3. The van der Waals surface area contributed by atoms with E-state index >= 15 is 0 Å². The van der Waals surface area contributed by atoms with E-state index < -0.39 is 5.97 Å². The topological polar surface area (TPSA) is 72.4 Å². The molecule has 3 aromatic rings. The molecule has 0 N–H and O–H groups in total. The van der Waals surface area contributed by atoms with Crippen LogP contribution >= 0.6 is 0 Å². The number of likely N-dealkylation sites (N-methyl/N-ethyl adjacent to an activating group) is 1. The highest BCUT2D eigenvalue weighted by Gasteiger charge is 2.15. The van der Waals surface area contributed by atoms with Gasteiger partial charge in [-0.3, -0.25) is 9.78 Å². The van der Waals surface area contributed by atoms with Gasteiger partial charge < -0.3 is 9.64 Å². The van der Waals surface area contributed by atoms with E-state index in [1.165, 1.54) is 11.1 Å². The summed E-state index contributed by atoms with van der Waals surface area (Å²) < 4.78 is 5.06. The first-order valence-corrected chi connectivity index (χ1v) is 7.80. The maximum absolute atomic E-state index is 12.1. The van der Waals surface area contributed by atoms with E-state index in [1.54, 1.807) is 19.2 Å². The van der Waals surface area contributed by atoms with Crippen LogP contribution in [0.3, 0.4) is 0 Å². The van der Waals surface area contributed by atoms with Crippen LogP contribution in [0.2, 0.25) is 0 Å². The van der Waals surface area contributed by atoms with Crippen molar-refractivity contribution in [1.82, 2.24) is 14.9 Å². The van der Waals surface area contributed by atoms with Crippen LogP contribution in [0, 0.1) is 0 Å². The first-order chi connectivity index (χ1) is 12.1. The molecule has 0 fully saturated rings. The van der Waals surface area contributed by atoms with Crippen molar-refractivity contribution in [2.45, 2.75) is 6.54 Å². The summed E-state index contributed by atoms with van der Waals surface area (Å²) in [6.07, 6.45) is 1.35. The molecule has 0 bridgehead atoms. The number of fused-ring (bicyclic) bond motifs is 1. The van der Waals surface area contributed by atoms with Gasteiger partial charge in [0.05, 0.1) is 17.2 Å². The van der Waals surface area contributed by atoms with Crippen molar-refractivity contribution in [2.24, 2.45) is 0 Å². The maximum atomic E-state index is 12.1. The fraction of sp³-hybridized carbons (Fsp3) is 0.158. The second-order valence-corrected chi connectivity index (χ2v) is 5.56. The predicted molar refractivity (Wildman–Crippen MR) is 92.7 cm³/mol. The van der Waals surface area contributed by atoms with Gasteiger partial charge in [-0.2, -0.15) is 0 Å². The monoisotopic (exact) mass is 335 g/mol. The molecule has 0 saturated heterocycles. The van der Waals surface area contributed by atoms with Crippen molar-refractivity contribution in [3.05, 3.63) is 72.1 Å². The predicted octanol–water partition coefficient (Wildman–Crippen LogP) is 2.45. The third-order valence-electron chi connectivity index (χ3n) is 3.67. The molecule has 1 heterocycles. The van der Waals surface area contributed by atoms with Crippen LogP contribution in [0.5, 0.6) is 0 Å². The average Bonchev–Trinajstić information content (AvgIpc) is 2.66. The van der Waals surface area contributed by atoms with Crippen molar-refractivity contribution in [3.8, 4) is 0 Å². The van der Waals surface area contributed by atoms with Gasteiger partial charge in [0.2, 0.25) is 0 Å². The summed E-state index contributed by atoms with van der Waals surface area (Å²) in [5.41, 5.74) is 2.38. The largest absolute Gasteiger partial charge is 0.451 e. The number of esters is 1. The molecule has 126 valence electrons. The van der Waals surface area contributed by atoms with Gasteiger partial charge >= 0.3 is 5.97 Å². The van der Waals surface area contributed by atoms with Gasteiger partial charge in [-0.25, -0.2) is 9.78 Å². The Hall–Kier alpha value is -3.28. The van der Waals surface area contributed by atoms with Crippen molar-refractivity contribution in [3.63, 3.8) is 0 Å². The minimum Gasteiger partial charge on any atom is -0.451 e. The second kappa shape index (κ2) is 7.53. The molecule has 0 aliphatic heterocycles. The molecule has 1 amide bonds. The van der Waals surface area contributed by atoms with Crippen molar-refractivity contribution in [1.29, 1.82) is 0 Å². The highest BCUT2D eigenvalue weighted by atomic mass is 16.5. The lowest BCUT2D eigenvalue weighted by Crippen LogP contribution is -2.30. The molecule has 2 aromatic carbocycles. The van der Waals surface area contributed by atoms with Gasteiger partial charge in [-0.1, -0.05) is 42.5 Å². The number of ether oxygens (including phenoxy) is 1. The van der Waals surface area contributed by atoms with E-state index in [1.807, 2.05) is 42.5 Å². The molecule has 6 nitrogen and oxygen atoms in total. The average molecular weight is 335 g/mol. The molecule has 0 aliphatic carbocycles. The molecular formula is C19H17N3O3. The summed E-state index contributed by atoms with van der Waals surface area (Å²) in [5, 5.41) is 0. The number of aromatic nitrogens is 2. The van der Waals surface area contributed by atoms with Crippen LogP contribution in [-0.2, 0) is 16.1 Å². The van der Waals surface area contributed by atoms with Crippen LogP contribution in [0.25, 0.3) is 11.0 Å². The minimum atomic E-state index is -0.667. The van der Waals surface area contributed by atoms with Gasteiger partial charge in [-0.05, 0) is 17.7 Å². The summed E-state index contributed by atoms with van der Waals surface area (Å²) in [6, 6.07) is 16.8. The molecule has 0 aliphatic rings. The van der Waals surface area contributed by atoms with Crippen LogP contribution < -0.4 is 0 Å². The molecule has 0 spiro atoms. The first-order valence-electron chi connectivity index (χ1n) is 7.80. The summed E-state index contributed by atoms with van der Waals surface area (Å²) in [4.78, 5) is 34.1. The Morgan fingerprint density at radius 2 is 1.68 bits per heavy atom. The maximum Gasteiger partial charge on any atom is 0.359 e. The van der Waals surface area contributed by atoms with Gasteiger partial charge in [0.15, 0.2) is 12.3 Å². The molecule has 0 atom stereocenters. The highest BCUT2D eigenvalue weighted by Crippen LogP contribution is 2.09. The Bertz CT molecular complexity index is 897. The summed E-state index contributed by atoms with van der Waals surface area (Å²) in [5.74, 6) is -0.953. The summed E-state index contributed by atoms with van der Waals surface area (Å²) in [6.45, 7) is 0.115. The number of amides is 1. The van der Waals surface area contributed by atoms with Gasteiger partial charge in [0.1, 0.15) is 0 Å². The van der Waals surface area contributed by atoms with Crippen molar-refractivity contribution in [2.75, 3.05) is 13.7 Å². The molecule has 25 heavy (non-hydrogen) atoms. The zero-order valence-corrected chi connectivity index (χ0v) is 13.8. The van der Waals surface area contributed by atoms with Gasteiger partial charge in [0, 0.05) is 13.6 Å². The zero-order chi connectivity index (χ0) is 17.6. The smallest absolute Gasteiger partial charge is 0.359 e. The number of rotatable bonds is 5. The lowest BCUT2D eigenvalue weighted by molar-refractivity contribution is -0.133. The van der Waals surface area contributed by atoms with Crippen LogP contribution in [-0.4, -0.2) is 40.4 Å². The first kappa shape index (κ1) is 16.6. The fourth-order valence-electron chi connectivity index (χ4n) is 2.31. The molecule has 0 unspecified atom stereocenters. The quantitative estimate of drug-likeness (QED) is 0.670. The third kappa shape index (κ3) is 4.17. The lowest BCUT2D eigenvalue weighted by atomic mass is 10.2. The number of carbonyl (C=O) groups excluding carboxylic acids is 2. The Morgan fingerprint density at radius 3 is 2.44 bits per heavy atom. The fourth-order valence-corrected chi connectivity index (χ4v) is 2.31. The molecule has 1 aromatic heterocycles. The van der Waals surface area contributed by atoms with Crippen molar-refractivity contribution >= 4 is 22.9 Å². The van der Waals surface area contributed by atoms with Crippen LogP contribution in [0.1, 0.15) is 16.1 Å². The van der Waals surface area contributed by atoms with E-state index in [0.717, 1.165) is 5.56 Å². The minimum absolute atomic E-state index is 0.0808. The number of hydrogen-bond acceptors (Lipinski definition) is 5. The third-order valence-corrected chi connectivity index (χ3v) is 3.67. The number of hydrogen-bond donors (Lipinski definition) is 0. The Balaban J connectivity index is 1.58. The van der Waals surface area contributed by atoms with Gasteiger partial charge in [0.25, 0.3) is 5.91 Å². The van der Waals surface area contributed by atoms with E-state index in [4.69, 9.17) is 4.74 Å². The molecule has 0 radical (unpaired) electrons. The van der Waals surface area contributed by atoms with Crippen LogP contribution in [0.4, 0.5) is 0 Å². The van der Waals surface area contributed by atoms with E-state index in [9.17, 15) is 9.59 Å². The lowest BCUT2D eigenvalue weighted by Gasteiger charge is -2.17. The molecule has 0 saturated carbocycles. The molecule has 6 heteroatoms. The number of carbonyl (C=O) groups is 2. The number of para-hydroxylation sites is 2. The zero-order valence-electron chi connectivity index (χ0n) is 13.8. The van der Waals surface area contributed by atoms with Crippen molar-refractivity contribution < 1.29 is 14.3 Å². The number of benzene rings is 2. The standard InChI is InChI=1S/C19H17N3O3/c1-22(12-14-7-3-2-4-8-14)18(23)13-25-19(24)17-11-20-15-9-5-6-10-16(15)21-17/h2-11H,12-13H2,1H3. The van der Waals surface area contributed by atoms with Crippen LogP contribution in [0.15, 0.2) is 60.8 Å². The molecule has 3 rings (SSSR count). The highest BCUT2D eigenvalue weighted by molar-refractivity contribution is 5.91. The normalized spacial score (nSPS) is 10.4. The second-order valence-electron chi connectivity index (χ2n) is 5.56.